The van der Waals surface area contributed by atoms with Gasteiger partial charge in [-0.25, -0.2) is 0 Å². The Kier molecular flexibility index (Phi) is 5.44. The number of hydrogen-bond acceptors (Lipinski definition) is 1. The second-order valence-electron chi connectivity index (χ2n) is 6.32. The summed E-state index contributed by atoms with van der Waals surface area (Å²) in [7, 11) is 0. The molecule has 1 heteroatoms. The molecule has 0 aliphatic heterocycles. The van der Waals surface area contributed by atoms with Crippen molar-refractivity contribution in [2.45, 2.75) is 46.0 Å². The fourth-order valence-corrected chi connectivity index (χ4v) is 2.57. The van der Waals surface area contributed by atoms with E-state index < -0.39 is 0 Å². The van der Waals surface area contributed by atoms with Crippen molar-refractivity contribution in [2.24, 2.45) is 0 Å². The van der Waals surface area contributed by atoms with Gasteiger partial charge in [-0.2, -0.15) is 0 Å². The summed E-state index contributed by atoms with van der Waals surface area (Å²) in [5, 5.41) is 3.61. The van der Waals surface area contributed by atoms with Gasteiger partial charge in [-0.05, 0) is 41.0 Å². The first-order chi connectivity index (χ1) is 10.1. The molecule has 0 fully saturated rings. The van der Waals surface area contributed by atoms with E-state index in [1.54, 1.807) is 0 Å². The van der Waals surface area contributed by atoms with Gasteiger partial charge in [0.1, 0.15) is 0 Å². The molecule has 2 rings (SSSR count). The van der Waals surface area contributed by atoms with Crippen molar-refractivity contribution >= 4 is 5.69 Å². The Bertz CT molecular complexity index is 555. The second kappa shape index (κ2) is 7.31. The molecule has 1 nitrogen and oxygen atoms in total. The van der Waals surface area contributed by atoms with Gasteiger partial charge in [0.25, 0.3) is 0 Å². The van der Waals surface area contributed by atoms with Gasteiger partial charge in [0.15, 0.2) is 0 Å². The van der Waals surface area contributed by atoms with E-state index in [0.29, 0.717) is 11.8 Å². The third-order valence-corrected chi connectivity index (χ3v) is 3.94. The third-order valence-electron chi connectivity index (χ3n) is 3.94. The number of nitrogens with one attached hydrogen (secondary N) is 1. The quantitative estimate of drug-likeness (QED) is 0.728. The summed E-state index contributed by atoms with van der Waals surface area (Å²) in [6, 6.07) is 17.5. The van der Waals surface area contributed by atoms with Crippen molar-refractivity contribution in [3.8, 4) is 0 Å². The number of rotatable bonds is 6. The number of anilines is 1. The molecule has 0 amide bonds. The van der Waals surface area contributed by atoms with Crippen LogP contribution in [0.25, 0.3) is 0 Å². The summed E-state index contributed by atoms with van der Waals surface area (Å²) in [6.45, 7) is 10.0. The van der Waals surface area contributed by atoms with Crippen LogP contribution in [0, 0.1) is 0 Å². The van der Waals surface area contributed by atoms with Crippen molar-refractivity contribution < 1.29 is 0 Å². The van der Waals surface area contributed by atoms with Crippen molar-refractivity contribution in [2.75, 3.05) is 11.9 Å². The fraction of sp³-hybridized carbons (Fsp3) is 0.400. The van der Waals surface area contributed by atoms with Crippen LogP contribution >= 0.6 is 0 Å². The molecule has 0 aliphatic carbocycles. The van der Waals surface area contributed by atoms with Gasteiger partial charge in [0, 0.05) is 12.2 Å². The van der Waals surface area contributed by atoms with Gasteiger partial charge < -0.3 is 5.32 Å². The Morgan fingerprint density at radius 2 is 1.57 bits per heavy atom. The molecule has 0 unspecified atom stereocenters. The molecular formula is C20H27N. The molecule has 0 aliphatic rings. The van der Waals surface area contributed by atoms with Gasteiger partial charge in [0.05, 0.1) is 0 Å². The first-order valence-electron chi connectivity index (χ1n) is 7.99. The first-order valence-corrected chi connectivity index (χ1v) is 7.99. The zero-order valence-electron chi connectivity index (χ0n) is 13.7. The summed E-state index contributed by atoms with van der Waals surface area (Å²) < 4.78 is 0. The molecule has 0 spiro atoms. The van der Waals surface area contributed by atoms with E-state index in [1.165, 1.54) is 22.4 Å². The molecule has 0 saturated carbocycles. The van der Waals surface area contributed by atoms with E-state index in [4.69, 9.17) is 0 Å². The average Bonchev–Trinajstić information content (AvgIpc) is 2.48. The first kappa shape index (κ1) is 15.6. The van der Waals surface area contributed by atoms with Crippen molar-refractivity contribution in [1.29, 1.82) is 0 Å². The smallest absolute Gasteiger partial charge is 0.0375 e. The maximum atomic E-state index is 3.61. The predicted octanol–water partition coefficient (Wildman–Crippen LogP) is 5.59. The van der Waals surface area contributed by atoms with Crippen LogP contribution < -0.4 is 5.32 Å². The zero-order chi connectivity index (χ0) is 15.2. The highest BCUT2D eigenvalue weighted by atomic mass is 14.9. The van der Waals surface area contributed by atoms with E-state index in [0.717, 1.165) is 13.0 Å². The lowest BCUT2D eigenvalue weighted by atomic mass is 9.94. The molecule has 1 N–H and O–H groups in total. The summed E-state index contributed by atoms with van der Waals surface area (Å²) in [6.07, 6.45) is 1.06. The second-order valence-corrected chi connectivity index (χ2v) is 6.32. The SMILES string of the molecule is CC(C)c1ccc(NCCc2ccccc2)c(C(C)C)c1. The third kappa shape index (κ3) is 4.35. The van der Waals surface area contributed by atoms with E-state index in [1.807, 2.05) is 0 Å². The topological polar surface area (TPSA) is 12.0 Å². The molecule has 0 heterocycles. The normalized spacial score (nSPS) is 11.1. The number of benzene rings is 2. The van der Waals surface area contributed by atoms with Crippen LogP contribution in [0.4, 0.5) is 5.69 Å². The van der Waals surface area contributed by atoms with Crippen molar-refractivity contribution in [3.05, 3.63) is 65.2 Å². The maximum absolute atomic E-state index is 3.61. The highest BCUT2D eigenvalue weighted by molar-refractivity contribution is 5.54. The monoisotopic (exact) mass is 281 g/mol. The van der Waals surface area contributed by atoms with Crippen molar-refractivity contribution in [3.63, 3.8) is 0 Å². The van der Waals surface area contributed by atoms with Gasteiger partial charge >= 0.3 is 0 Å². The van der Waals surface area contributed by atoms with E-state index >= 15 is 0 Å². The van der Waals surface area contributed by atoms with E-state index in [2.05, 4.69) is 81.5 Å². The Hall–Kier alpha value is -1.76. The predicted molar refractivity (Wildman–Crippen MR) is 93.3 cm³/mol. The molecule has 0 saturated heterocycles. The maximum Gasteiger partial charge on any atom is 0.0375 e. The lowest BCUT2D eigenvalue weighted by molar-refractivity contribution is 0.833. The largest absolute Gasteiger partial charge is 0.384 e. The Morgan fingerprint density at radius 3 is 2.19 bits per heavy atom. The molecule has 2 aromatic carbocycles. The Balaban J connectivity index is 2.05. The molecule has 0 aromatic heterocycles. The van der Waals surface area contributed by atoms with Gasteiger partial charge in [0.2, 0.25) is 0 Å². The van der Waals surface area contributed by atoms with Gasteiger partial charge in [-0.15, -0.1) is 0 Å². The average molecular weight is 281 g/mol. The van der Waals surface area contributed by atoms with Crippen molar-refractivity contribution in [1.82, 2.24) is 0 Å². The molecule has 0 bridgehead atoms. The Labute approximate surface area is 129 Å². The van der Waals surface area contributed by atoms with Gasteiger partial charge in [-0.3, -0.25) is 0 Å². The highest BCUT2D eigenvalue weighted by Gasteiger charge is 2.09. The summed E-state index contributed by atoms with van der Waals surface area (Å²) in [5.41, 5.74) is 5.52. The Morgan fingerprint density at radius 1 is 0.857 bits per heavy atom. The summed E-state index contributed by atoms with van der Waals surface area (Å²) in [5.74, 6) is 1.13. The lowest BCUT2D eigenvalue weighted by Gasteiger charge is -2.17. The lowest BCUT2D eigenvalue weighted by Crippen LogP contribution is -2.08. The minimum Gasteiger partial charge on any atom is -0.384 e. The van der Waals surface area contributed by atoms with Crippen LogP contribution in [0.1, 0.15) is 56.2 Å². The molecule has 0 atom stereocenters. The van der Waals surface area contributed by atoms with E-state index in [9.17, 15) is 0 Å². The zero-order valence-corrected chi connectivity index (χ0v) is 13.7. The summed E-state index contributed by atoms with van der Waals surface area (Å²) in [4.78, 5) is 0. The molecule has 21 heavy (non-hydrogen) atoms. The van der Waals surface area contributed by atoms with Crippen LogP contribution in [0.2, 0.25) is 0 Å². The fourth-order valence-electron chi connectivity index (χ4n) is 2.57. The van der Waals surface area contributed by atoms with Crippen LogP contribution in [-0.4, -0.2) is 6.54 Å². The molecule has 0 radical (unpaired) electrons. The molecule has 2 aromatic rings. The standard InChI is InChI=1S/C20H27N/c1-15(2)18-10-11-20(19(14-18)16(3)4)21-13-12-17-8-6-5-7-9-17/h5-11,14-16,21H,12-13H2,1-4H3. The van der Waals surface area contributed by atoms with Crippen LogP contribution in [0.3, 0.4) is 0 Å². The summed E-state index contributed by atoms with van der Waals surface area (Å²) >= 11 is 0. The van der Waals surface area contributed by atoms with Crippen LogP contribution in [0.5, 0.6) is 0 Å². The van der Waals surface area contributed by atoms with E-state index in [-0.39, 0.29) is 0 Å². The number of hydrogen-bond donors (Lipinski definition) is 1. The van der Waals surface area contributed by atoms with Crippen LogP contribution in [-0.2, 0) is 6.42 Å². The van der Waals surface area contributed by atoms with Gasteiger partial charge in [-0.1, -0.05) is 70.2 Å². The highest BCUT2D eigenvalue weighted by Crippen LogP contribution is 2.28. The van der Waals surface area contributed by atoms with Crippen LogP contribution in [0.15, 0.2) is 48.5 Å². The molecule has 112 valence electrons. The minimum absolute atomic E-state index is 0.544. The minimum atomic E-state index is 0.544. The molecular weight excluding hydrogens is 254 g/mol.